The van der Waals surface area contributed by atoms with Gasteiger partial charge in [0.25, 0.3) is 0 Å². The third-order valence-electron chi connectivity index (χ3n) is 8.16. The zero-order valence-electron chi connectivity index (χ0n) is 19.8. The second-order valence-corrected chi connectivity index (χ2v) is 10.7. The van der Waals surface area contributed by atoms with E-state index in [1.165, 1.54) is 0 Å². The number of aliphatic hydroxyl groups excluding tert-OH is 2. The summed E-state index contributed by atoms with van der Waals surface area (Å²) in [6.45, 7) is 10.00. The molecule has 0 bridgehead atoms. The molecule has 1 aromatic rings. The Bertz CT molecular complexity index is 952. The molecule has 5 heteroatoms. The number of allylic oxidation sites excluding steroid dienone is 1. The van der Waals surface area contributed by atoms with Crippen LogP contribution in [0.1, 0.15) is 39.2 Å². The SMILES string of the molecule is C=C1[C@@H](C)[C@H]2[C@H](Cc3ccccc3)NC(=O)[C@@]23[C@H](O)/C=C/[C@](C)(O)C[C@@H](C)C/C=C/[C@H]3[C@@H]1O. The Kier molecular flexibility index (Phi) is 6.43. The number of hydrogen-bond acceptors (Lipinski definition) is 4. The van der Waals surface area contributed by atoms with Gasteiger partial charge < -0.3 is 20.6 Å². The summed E-state index contributed by atoms with van der Waals surface area (Å²) in [7, 11) is 0. The highest BCUT2D eigenvalue weighted by molar-refractivity contribution is 5.88. The Labute approximate surface area is 196 Å². The molecule has 1 aliphatic heterocycles. The highest BCUT2D eigenvalue weighted by atomic mass is 16.3. The average molecular weight is 452 g/mol. The van der Waals surface area contributed by atoms with Crippen molar-refractivity contribution in [1.29, 1.82) is 0 Å². The predicted octanol–water partition coefficient (Wildman–Crippen LogP) is 3.17. The van der Waals surface area contributed by atoms with Crippen LogP contribution in [0.2, 0.25) is 0 Å². The maximum atomic E-state index is 13.8. The van der Waals surface area contributed by atoms with Crippen molar-refractivity contribution in [3.05, 3.63) is 72.4 Å². The topological polar surface area (TPSA) is 89.8 Å². The molecule has 4 rings (SSSR count). The molecule has 0 aromatic heterocycles. The van der Waals surface area contributed by atoms with Crippen molar-refractivity contribution in [2.24, 2.45) is 29.1 Å². The molecule has 1 aromatic carbocycles. The van der Waals surface area contributed by atoms with Crippen LogP contribution in [0, 0.1) is 29.1 Å². The first-order valence-corrected chi connectivity index (χ1v) is 12.1. The minimum atomic E-state index is -1.25. The zero-order valence-corrected chi connectivity index (χ0v) is 19.8. The molecule has 1 spiro atoms. The van der Waals surface area contributed by atoms with E-state index in [1.807, 2.05) is 49.4 Å². The number of benzene rings is 1. The quantitative estimate of drug-likeness (QED) is 0.520. The van der Waals surface area contributed by atoms with Gasteiger partial charge in [-0.2, -0.15) is 0 Å². The van der Waals surface area contributed by atoms with E-state index in [1.54, 1.807) is 19.1 Å². The third kappa shape index (κ3) is 4.11. The highest BCUT2D eigenvalue weighted by Gasteiger charge is 2.67. The minimum Gasteiger partial charge on any atom is -0.388 e. The lowest BCUT2D eigenvalue weighted by molar-refractivity contribution is -0.147. The molecular formula is C28H37NO4. The monoisotopic (exact) mass is 451 g/mol. The van der Waals surface area contributed by atoms with Crippen LogP contribution in [0.25, 0.3) is 0 Å². The summed E-state index contributed by atoms with van der Waals surface area (Å²) in [5.74, 6) is -1.09. The number of nitrogens with one attached hydrogen (secondary N) is 1. The molecule has 9 atom stereocenters. The summed E-state index contributed by atoms with van der Waals surface area (Å²) in [6.07, 6.45) is 6.88. The van der Waals surface area contributed by atoms with E-state index in [0.29, 0.717) is 24.8 Å². The van der Waals surface area contributed by atoms with Crippen LogP contribution in [-0.2, 0) is 11.2 Å². The molecule has 0 radical (unpaired) electrons. The largest absolute Gasteiger partial charge is 0.388 e. The van der Waals surface area contributed by atoms with E-state index in [0.717, 1.165) is 5.56 Å². The van der Waals surface area contributed by atoms with Gasteiger partial charge in [-0.1, -0.05) is 75.1 Å². The van der Waals surface area contributed by atoms with Crippen LogP contribution in [0.3, 0.4) is 0 Å². The molecule has 5 nitrogen and oxygen atoms in total. The fraction of sp³-hybridized carbons (Fsp3) is 0.536. The van der Waals surface area contributed by atoms with Crippen LogP contribution in [0.5, 0.6) is 0 Å². The van der Waals surface area contributed by atoms with E-state index in [9.17, 15) is 20.1 Å². The molecule has 178 valence electrons. The van der Waals surface area contributed by atoms with Crippen LogP contribution in [0.15, 0.2) is 66.8 Å². The van der Waals surface area contributed by atoms with Crippen molar-refractivity contribution in [3.63, 3.8) is 0 Å². The first kappa shape index (κ1) is 23.9. The normalized spacial score (nSPS) is 45.3. The standard InChI is InChI=1S/C28H37NO4/c1-17-9-8-12-21-25(31)19(3)18(2)24-22(15-20-10-6-5-7-11-20)29-26(32)28(21,24)23(30)13-14-27(4,33)16-17/h5-8,10-14,17-18,21-25,30-31,33H,3,9,15-16H2,1-2,4H3,(H,29,32)/b12-8+,14-13+/t17-,18+,21-,22-,23+,24-,25+,27-,28-/m0/s1. The van der Waals surface area contributed by atoms with Gasteiger partial charge >= 0.3 is 0 Å². The summed E-state index contributed by atoms with van der Waals surface area (Å²) < 4.78 is 0. The van der Waals surface area contributed by atoms with Gasteiger partial charge in [0.05, 0.1) is 23.2 Å². The smallest absolute Gasteiger partial charge is 0.230 e. The van der Waals surface area contributed by atoms with Gasteiger partial charge in [0.1, 0.15) is 0 Å². The fourth-order valence-corrected chi connectivity index (χ4v) is 6.61. The lowest BCUT2D eigenvalue weighted by Crippen LogP contribution is -2.59. The van der Waals surface area contributed by atoms with Gasteiger partial charge in [-0.05, 0) is 49.2 Å². The second-order valence-electron chi connectivity index (χ2n) is 10.7. The molecule has 3 aliphatic rings. The van der Waals surface area contributed by atoms with Crippen molar-refractivity contribution in [2.45, 2.75) is 63.9 Å². The first-order valence-electron chi connectivity index (χ1n) is 12.1. The van der Waals surface area contributed by atoms with Gasteiger partial charge in [0.2, 0.25) is 5.91 Å². The molecule has 4 N–H and O–H groups in total. The Morgan fingerprint density at radius 2 is 1.85 bits per heavy atom. The van der Waals surface area contributed by atoms with Gasteiger partial charge in [-0.15, -0.1) is 0 Å². The van der Waals surface area contributed by atoms with Crippen molar-refractivity contribution in [1.82, 2.24) is 5.32 Å². The number of hydrogen-bond donors (Lipinski definition) is 4. The maximum Gasteiger partial charge on any atom is 0.230 e. The van der Waals surface area contributed by atoms with E-state index in [2.05, 4.69) is 18.8 Å². The summed E-state index contributed by atoms with van der Waals surface area (Å²) in [5.41, 5.74) is -0.544. The number of aliphatic hydroxyl groups is 3. The lowest BCUT2D eigenvalue weighted by atomic mass is 9.51. The molecule has 1 saturated carbocycles. The lowest BCUT2D eigenvalue weighted by Gasteiger charge is -2.51. The van der Waals surface area contributed by atoms with Crippen LogP contribution >= 0.6 is 0 Å². The average Bonchev–Trinajstić information content (AvgIpc) is 3.04. The van der Waals surface area contributed by atoms with E-state index in [-0.39, 0.29) is 29.7 Å². The minimum absolute atomic E-state index is 0.176. The number of carbonyl (C=O) groups is 1. The van der Waals surface area contributed by atoms with Crippen molar-refractivity contribution >= 4 is 5.91 Å². The molecule has 1 heterocycles. The summed E-state index contributed by atoms with van der Waals surface area (Å²) in [4.78, 5) is 13.8. The van der Waals surface area contributed by atoms with E-state index >= 15 is 0 Å². The highest BCUT2D eigenvalue weighted by Crippen LogP contribution is 2.57. The number of amides is 1. The van der Waals surface area contributed by atoms with Crippen molar-refractivity contribution in [2.75, 3.05) is 0 Å². The Hall–Kier alpha value is -2.21. The number of carbonyl (C=O) groups excluding carboxylic acids is 1. The molecular weight excluding hydrogens is 414 g/mol. The van der Waals surface area contributed by atoms with Gasteiger partial charge in [-0.3, -0.25) is 4.79 Å². The van der Waals surface area contributed by atoms with Crippen molar-refractivity contribution < 1.29 is 20.1 Å². The van der Waals surface area contributed by atoms with Crippen molar-refractivity contribution in [3.8, 4) is 0 Å². The number of rotatable bonds is 2. The molecule has 2 fully saturated rings. The molecule has 1 amide bonds. The molecule has 0 unspecified atom stereocenters. The van der Waals surface area contributed by atoms with E-state index < -0.39 is 29.1 Å². The Balaban J connectivity index is 1.85. The Morgan fingerprint density at radius 1 is 1.15 bits per heavy atom. The summed E-state index contributed by atoms with van der Waals surface area (Å²) >= 11 is 0. The van der Waals surface area contributed by atoms with Crippen LogP contribution in [-0.4, -0.2) is 45.1 Å². The molecule has 1 saturated heterocycles. The maximum absolute atomic E-state index is 13.8. The van der Waals surface area contributed by atoms with E-state index in [4.69, 9.17) is 0 Å². The van der Waals surface area contributed by atoms with Gasteiger partial charge in [0, 0.05) is 17.9 Å². The Morgan fingerprint density at radius 3 is 2.55 bits per heavy atom. The van der Waals surface area contributed by atoms with Gasteiger partial charge in [0.15, 0.2) is 0 Å². The molecule has 2 aliphatic carbocycles. The molecule has 33 heavy (non-hydrogen) atoms. The second kappa shape index (κ2) is 8.86. The predicted molar refractivity (Wildman–Crippen MR) is 129 cm³/mol. The zero-order chi connectivity index (χ0) is 24.0. The third-order valence-corrected chi connectivity index (χ3v) is 8.16. The first-order chi connectivity index (χ1) is 15.6. The summed E-state index contributed by atoms with van der Waals surface area (Å²) in [5, 5.41) is 37.0. The fourth-order valence-electron chi connectivity index (χ4n) is 6.61. The van der Waals surface area contributed by atoms with Crippen LogP contribution in [0.4, 0.5) is 0 Å². The van der Waals surface area contributed by atoms with Crippen LogP contribution < -0.4 is 5.32 Å². The summed E-state index contributed by atoms with van der Waals surface area (Å²) in [6, 6.07) is 9.80. The van der Waals surface area contributed by atoms with Gasteiger partial charge in [-0.25, -0.2) is 0 Å².